The molecule has 4 rings (SSSR count). The highest BCUT2D eigenvalue weighted by Crippen LogP contribution is 2.28. The van der Waals surface area contributed by atoms with E-state index in [-0.39, 0.29) is 5.69 Å². The number of fused-ring (bicyclic) bond motifs is 3. The summed E-state index contributed by atoms with van der Waals surface area (Å²) in [4.78, 5) is 19.7. The van der Waals surface area contributed by atoms with E-state index in [0.29, 0.717) is 22.7 Å². The van der Waals surface area contributed by atoms with Crippen molar-refractivity contribution >= 4 is 5.65 Å². The quantitative estimate of drug-likeness (QED) is 0.791. The molecule has 1 aliphatic rings. The van der Waals surface area contributed by atoms with Crippen molar-refractivity contribution in [3.05, 3.63) is 52.0 Å². The third-order valence-corrected chi connectivity index (χ3v) is 4.37. The van der Waals surface area contributed by atoms with Crippen molar-refractivity contribution in [2.24, 2.45) is 0 Å². The molecule has 0 bridgehead atoms. The molecule has 2 heterocycles. The summed E-state index contributed by atoms with van der Waals surface area (Å²) in [6.07, 6.45) is 5.48. The van der Waals surface area contributed by atoms with Gasteiger partial charge in [0.15, 0.2) is 0 Å². The maximum atomic E-state index is 14.3. The molecule has 6 heteroatoms. The molecule has 118 valence electrons. The Hall–Kier alpha value is -2.63. The van der Waals surface area contributed by atoms with Crippen molar-refractivity contribution in [3.63, 3.8) is 0 Å². The smallest absolute Gasteiger partial charge is 0.331 e. The second-order valence-electron chi connectivity index (χ2n) is 5.76. The molecule has 0 saturated heterocycles. The minimum atomic E-state index is -0.418. The van der Waals surface area contributed by atoms with Gasteiger partial charge in [-0.3, -0.25) is 4.40 Å². The fraction of sp³-hybridized carbons (Fsp3) is 0.294. The molecule has 1 aliphatic carbocycles. The van der Waals surface area contributed by atoms with Gasteiger partial charge in [0, 0.05) is 29.1 Å². The van der Waals surface area contributed by atoms with E-state index in [0.717, 1.165) is 36.9 Å². The first-order valence-corrected chi connectivity index (χ1v) is 7.64. The van der Waals surface area contributed by atoms with Crippen LogP contribution in [0.5, 0.6) is 5.75 Å². The van der Waals surface area contributed by atoms with Gasteiger partial charge in [0.05, 0.1) is 12.8 Å². The van der Waals surface area contributed by atoms with Crippen molar-refractivity contribution < 1.29 is 9.13 Å². The van der Waals surface area contributed by atoms with Crippen molar-refractivity contribution in [3.8, 4) is 17.0 Å². The number of rotatable bonds is 2. The van der Waals surface area contributed by atoms with Crippen LogP contribution >= 0.6 is 0 Å². The van der Waals surface area contributed by atoms with Crippen LogP contribution in [-0.2, 0) is 12.8 Å². The summed E-state index contributed by atoms with van der Waals surface area (Å²) in [5.41, 5.74) is 3.24. The van der Waals surface area contributed by atoms with E-state index in [9.17, 15) is 9.18 Å². The number of nitrogens with one attached hydrogen (secondary N) is 1. The zero-order chi connectivity index (χ0) is 16.0. The van der Waals surface area contributed by atoms with Crippen LogP contribution in [0.2, 0.25) is 0 Å². The summed E-state index contributed by atoms with van der Waals surface area (Å²) in [6, 6.07) is 4.62. The average Bonchev–Trinajstić information content (AvgIpc) is 3.00. The number of aromatic nitrogens is 3. The van der Waals surface area contributed by atoms with Gasteiger partial charge < -0.3 is 9.72 Å². The van der Waals surface area contributed by atoms with Crippen LogP contribution in [0.4, 0.5) is 4.39 Å². The molecular formula is C17H16FN3O2. The molecule has 0 amide bonds. The van der Waals surface area contributed by atoms with E-state index in [1.807, 2.05) is 0 Å². The van der Waals surface area contributed by atoms with Gasteiger partial charge in [-0.15, -0.1) is 0 Å². The molecule has 0 atom stereocenters. The first-order chi connectivity index (χ1) is 11.2. The number of aryl methyl sites for hydroxylation is 2. The van der Waals surface area contributed by atoms with E-state index in [4.69, 9.17) is 4.74 Å². The fourth-order valence-electron chi connectivity index (χ4n) is 3.19. The highest BCUT2D eigenvalue weighted by Gasteiger charge is 2.19. The lowest BCUT2D eigenvalue weighted by molar-refractivity contribution is 0.411. The molecule has 0 spiro atoms. The Balaban J connectivity index is 1.93. The topological polar surface area (TPSA) is 59.4 Å². The molecule has 0 saturated carbocycles. The Morgan fingerprint density at radius 3 is 2.91 bits per heavy atom. The predicted octanol–water partition coefficient (Wildman–Crippen LogP) is 2.72. The Bertz CT molecular complexity index is 958. The summed E-state index contributed by atoms with van der Waals surface area (Å²) < 4.78 is 20.8. The van der Waals surface area contributed by atoms with Crippen LogP contribution in [0.15, 0.2) is 29.2 Å². The number of hydrogen-bond donors (Lipinski definition) is 1. The summed E-state index contributed by atoms with van der Waals surface area (Å²) >= 11 is 0. The molecule has 0 radical (unpaired) electrons. The zero-order valence-electron chi connectivity index (χ0n) is 12.7. The third kappa shape index (κ3) is 2.21. The largest absolute Gasteiger partial charge is 0.497 e. The maximum Gasteiger partial charge on any atom is 0.331 e. The van der Waals surface area contributed by atoms with Crippen LogP contribution in [0, 0.1) is 5.82 Å². The summed E-state index contributed by atoms with van der Waals surface area (Å²) in [5.74, 6) is 0.0308. The van der Waals surface area contributed by atoms with Crippen LogP contribution in [-0.4, -0.2) is 21.5 Å². The number of imidazole rings is 1. The van der Waals surface area contributed by atoms with Gasteiger partial charge in [-0.2, -0.15) is 0 Å². The molecule has 1 N–H and O–H groups in total. The van der Waals surface area contributed by atoms with Gasteiger partial charge in [-0.25, -0.2) is 14.2 Å². The van der Waals surface area contributed by atoms with Gasteiger partial charge in [0.2, 0.25) is 0 Å². The highest BCUT2D eigenvalue weighted by atomic mass is 19.1. The number of halogens is 1. The first kappa shape index (κ1) is 14.0. The molecule has 5 nitrogen and oxygen atoms in total. The van der Waals surface area contributed by atoms with Crippen molar-refractivity contribution in [1.29, 1.82) is 0 Å². The number of benzene rings is 1. The number of nitrogens with zero attached hydrogens (tertiary/aromatic N) is 2. The van der Waals surface area contributed by atoms with E-state index < -0.39 is 5.82 Å². The standard InChI is InChI=1S/C17H16FN3O2/c1-23-10-6-7-11(13(18)8-10)15-9-21-16(19-15)12-4-2-3-5-14(12)20-17(21)22/h6-9H,2-5H2,1H3,(H,20,22). The lowest BCUT2D eigenvalue weighted by Crippen LogP contribution is -2.21. The zero-order valence-corrected chi connectivity index (χ0v) is 12.7. The summed E-state index contributed by atoms with van der Waals surface area (Å²) in [7, 11) is 1.49. The average molecular weight is 313 g/mol. The summed E-state index contributed by atoms with van der Waals surface area (Å²) in [5, 5.41) is 0. The normalized spacial score (nSPS) is 14.0. The van der Waals surface area contributed by atoms with Crippen LogP contribution in [0.3, 0.4) is 0 Å². The number of hydrogen-bond acceptors (Lipinski definition) is 3. The molecule has 1 aromatic carbocycles. The third-order valence-electron chi connectivity index (χ3n) is 4.37. The Morgan fingerprint density at radius 1 is 1.30 bits per heavy atom. The first-order valence-electron chi connectivity index (χ1n) is 7.64. The second-order valence-corrected chi connectivity index (χ2v) is 5.76. The number of aromatic amines is 1. The van der Waals surface area contributed by atoms with E-state index in [2.05, 4.69) is 9.97 Å². The molecule has 0 unspecified atom stereocenters. The minimum Gasteiger partial charge on any atom is -0.497 e. The lowest BCUT2D eigenvalue weighted by Gasteiger charge is -2.15. The van der Waals surface area contributed by atoms with Gasteiger partial charge in [0.1, 0.15) is 17.2 Å². The highest BCUT2D eigenvalue weighted by molar-refractivity contribution is 5.66. The molecule has 2 aromatic heterocycles. The van der Waals surface area contributed by atoms with Gasteiger partial charge in [-0.05, 0) is 37.8 Å². The van der Waals surface area contributed by atoms with E-state index >= 15 is 0 Å². The van der Waals surface area contributed by atoms with Gasteiger partial charge >= 0.3 is 5.69 Å². The lowest BCUT2D eigenvalue weighted by atomic mass is 9.97. The second kappa shape index (κ2) is 5.22. The van der Waals surface area contributed by atoms with Crippen molar-refractivity contribution in [1.82, 2.24) is 14.4 Å². The predicted molar refractivity (Wildman–Crippen MR) is 84.4 cm³/mol. The Labute approximate surface area is 131 Å². The molecule has 0 aliphatic heterocycles. The molecular weight excluding hydrogens is 297 g/mol. The Morgan fingerprint density at radius 2 is 2.13 bits per heavy atom. The Kier molecular flexibility index (Phi) is 3.18. The molecule has 0 fully saturated rings. The van der Waals surface area contributed by atoms with E-state index in [1.165, 1.54) is 17.6 Å². The van der Waals surface area contributed by atoms with Gasteiger partial charge in [-0.1, -0.05) is 0 Å². The number of H-pyrrole nitrogens is 1. The number of methoxy groups -OCH3 is 1. The van der Waals surface area contributed by atoms with Crippen LogP contribution in [0.25, 0.3) is 16.9 Å². The van der Waals surface area contributed by atoms with E-state index in [1.54, 1.807) is 18.3 Å². The molecule has 23 heavy (non-hydrogen) atoms. The SMILES string of the molecule is COc1ccc(-c2cn3c(=O)[nH]c4c(c3n2)CCCC4)c(F)c1. The summed E-state index contributed by atoms with van der Waals surface area (Å²) in [6.45, 7) is 0. The van der Waals surface area contributed by atoms with Crippen molar-refractivity contribution in [2.45, 2.75) is 25.7 Å². The molecule has 3 aromatic rings. The van der Waals surface area contributed by atoms with Gasteiger partial charge in [0.25, 0.3) is 0 Å². The van der Waals surface area contributed by atoms with Crippen LogP contribution in [0.1, 0.15) is 24.1 Å². The number of ether oxygens (including phenoxy) is 1. The minimum absolute atomic E-state index is 0.228. The van der Waals surface area contributed by atoms with Crippen LogP contribution < -0.4 is 10.4 Å². The maximum absolute atomic E-state index is 14.3. The van der Waals surface area contributed by atoms with Crippen molar-refractivity contribution in [2.75, 3.05) is 7.11 Å². The fourth-order valence-corrected chi connectivity index (χ4v) is 3.19. The monoisotopic (exact) mass is 313 g/mol.